The Morgan fingerprint density at radius 1 is 0.741 bits per heavy atom. The zero-order chi connectivity index (χ0) is 18.7. The fourth-order valence-electron chi connectivity index (χ4n) is 4.43. The minimum Gasteiger partial charge on any atom is -0.335 e. The maximum absolute atomic E-state index is 12.4. The van der Waals surface area contributed by atoms with Crippen LogP contribution in [0.4, 0.5) is 9.93 Å². The second-order valence-electron chi connectivity index (χ2n) is 8.34. The lowest BCUT2D eigenvalue weighted by atomic mass is 9.93. The maximum Gasteiger partial charge on any atom is 0.321 e. The van der Waals surface area contributed by atoms with Crippen LogP contribution < -0.4 is 10.6 Å². The van der Waals surface area contributed by atoms with Crippen molar-refractivity contribution in [3.63, 3.8) is 0 Å². The molecule has 2 aliphatic rings. The molecule has 2 saturated carbocycles. The normalized spacial score (nSPS) is 21.8. The standard InChI is InChI=1S/C21H36N4OS/c26-20(22-18-15-11-7-4-8-12-16-18)23-21-25-24-19(27-21)17-13-9-5-2-1-3-6-10-14-17/h17-18H,1-16H2,(H2,22,23,25,26). The van der Waals surface area contributed by atoms with E-state index in [0.717, 1.165) is 17.8 Å². The topological polar surface area (TPSA) is 66.9 Å². The summed E-state index contributed by atoms with van der Waals surface area (Å²) in [5, 5.41) is 16.5. The summed E-state index contributed by atoms with van der Waals surface area (Å²) in [5.74, 6) is 0.518. The first-order chi connectivity index (χ1) is 13.3. The van der Waals surface area contributed by atoms with Crippen LogP contribution in [0.2, 0.25) is 0 Å². The van der Waals surface area contributed by atoms with Crippen LogP contribution in [0.15, 0.2) is 0 Å². The second kappa shape index (κ2) is 11.6. The van der Waals surface area contributed by atoms with Gasteiger partial charge in [-0.2, -0.15) is 0 Å². The summed E-state index contributed by atoms with van der Waals surface area (Å²) in [4.78, 5) is 12.4. The van der Waals surface area contributed by atoms with E-state index in [1.165, 1.54) is 89.9 Å². The van der Waals surface area contributed by atoms with E-state index < -0.39 is 0 Å². The van der Waals surface area contributed by atoms with Crippen LogP contribution >= 0.6 is 11.3 Å². The summed E-state index contributed by atoms with van der Waals surface area (Å²) in [6, 6.07) is 0.185. The Morgan fingerprint density at radius 2 is 1.26 bits per heavy atom. The van der Waals surface area contributed by atoms with Gasteiger partial charge in [-0.1, -0.05) is 88.4 Å². The summed E-state index contributed by atoms with van der Waals surface area (Å²) in [7, 11) is 0. The smallest absolute Gasteiger partial charge is 0.321 e. The lowest BCUT2D eigenvalue weighted by Gasteiger charge is -2.20. The second-order valence-corrected chi connectivity index (χ2v) is 9.34. The van der Waals surface area contributed by atoms with Crippen molar-refractivity contribution < 1.29 is 4.79 Å². The number of hydrogen-bond donors (Lipinski definition) is 2. The highest BCUT2D eigenvalue weighted by Gasteiger charge is 2.19. The number of carbonyl (C=O) groups is 1. The Kier molecular flexibility index (Phi) is 8.85. The fraction of sp³-hybridized carbons (Fsp3) is 0.857. The summed E-state index contributed by atoms with van der Waals surface area (Å²) < 4.78 is 0. The van der Waals surface area contributed by atoms with E-state index in [0.29, 0.717) is 17.1 Å². The van der Waals surface area contributed by atoms with E-state index in [1.807, 2.05) is 0 Å². The highest BCUT2D eigenvalue weighted by Crippen LogP contribution is 2.33. The van der Waals surface area contributed by atoms with Crippen LogP contribution in [-0.2, 0) is 0 Å². The Bertz CT molecular complexity index is 544. The molecule has 0 aromatic carbocycles. The molecule has 2 fully saturated rings. The lowest BCUT2D eigenvalue weighted by molar-refractivity contribution is 0.245. The van der Waals surface area contributed by atoms with Crippen LogP contribution in [0, 0.1) is 0 Å². The number of urea groups is 1. The van der Waals surface area contributed by atoms with E-state index in [9.17, 15) is 4.79 Å². The van der Waals surface area contributed by atoms with Crippen molar-refractivity contribution in [2.24, 2.45) is 0 Å². The zero-order valence-electron chi connectivity index (χ0n) is 16.7. The fourth-order valence-corrected chi connectivity index (χ4v) is 5.33. The molecule has 3 rings (SSSR count). The third-order valence-electron chi connectivity index (χ3n) is 6.06. The molecular weight excluding hydrogens is 356 g/mol. The van der Waals surface area contributed by atoms with Crippen LogP contribution in [0.5, 0.6) is 0 Å². The van der Waals surface area contributed by atoms with Gasteiger partial charge in [0.1, 0.15) is 5.01 Å². The summed E-state index contributed by atoms with van der Waals surface area (Å²) in [6.45, 7) is 0. The molecule has 0 atom stereocenters. The molecule has 6 heteroatoms. The first kappa shape index (κ1) is 20.6. The monoisotopic (exact) mass is 392 g/mol. The van der Waals surface area contributed by atoms with E-state index in [4.69, 9.17) is 0 Å². The molecule has 0 saturated heterocycles. The van der Waals surface area contributed by atoms with Gasteiger partial charge in [0, 0.05) is 12.0 Å². The van der Waals surface area contributed by atoms with Gasteiger partial charge in [0.2, 0.25) is 5.13 Å². The highest BCUT2D eigenvalue weighted by atomic mass is 32.1. The Morgan fingerprint density at radius 3 is 1.85 bits per heavy atom. The number of carbonyl (C=O) groups excluding carboxylic acids is 1. The van der Waals surface area contributed by atoms with Gasteiger partial charge >= 0.3 is 6.03 Å². The molecule has 27 heavy (non-hydrogen) atoms. The molecule has 152 valence electrons. The van der Waals surface area contributed by atoms with Crippen molar-refractivity contribution in [3.05, 3.63) is 5.01 Å². The number of nitrogens with one attached hydrogen (secondary N) is 2. The highest BCUT2D eigenvalue weighted by molar-refractivity contribution is 7.15. The first-order valence-electron chi connectivity index (χ1n) is 11.2. The quantitative estimate of drug-likeness (QED) is 0.627. The van der Waals surface area contributed by atoms with Gasteiger partial charge in [-0.15, -0.1) is 10.2 Å². The van der Waals surface area contributed by atoms with E-state index in [1.54, 1.807) is 11.3 Å². The van der Waals surface area contributed by atoms with Gasteiger partial charge in [-0.3, -0.25) is 5.32 Å². The maximum atomic E-state index is 12.4. The molecular formula is C21H36N4OS. The van der Waals surface area contributed by atoms with Crippen molar-refractivity contribution in [3.8, 4) is 0 Å². The number of nitrogens with zero attached hydrogens (tertiary/aromatic N) is 2. The summed E-state index contributed by atoms with van der Waals surface area (Å²) in [5.41, 5.74) is 0. The van der Waals surface area contributed by atoms with Crippen molar-refractivity contribution in [1.29, 1.82) is 0 Å². The summed E-state index contributed by atoms with van der Waals surface area (Å²) in [6.07, 6.45) is 20.4. The van der Waals surface area contributed by atoms with Crippen molar-refractivity contribution in [2.75, 3.05) is 5.32 Å². The Balaban J connectivity index is 1.49. The third kappa shape index (κ3) is 7.40. The van der Waals surface area contributed by atoms with Gasteiger partial charge in [0.25, 0.3) is 0 Å². The molecule has 0 spiro atoms. The molecule has 0 bridgehead atoms. The van der Waals surface area contributed by atoms with Gasteiger partial charge in [0.15, 0.2) is 0 Å². The molecule has 0 aliphatic heterocycles. The SMILES string of the molecule is O=C(Nc1nnc(C2CCCCCCCCC2)s1)NC1CCCCCCC1. The van der Waals surface area contributed by atoms with Crippen molar-refractivity contribution >= 4 is 22.5 Å². The largest absolute Gasteiger partial charge is 0.335 e. The van der Waals surface area contributed by atoms with Crippen LogP contribution in [0.1, 0.15) is 114 Å². The van der Waals surface area contributed by atoms with Crippen molar-refractivity contribution in [2.45, 2.75) is 115 Å². The van der Waals surface area contributed by atoms with Crippen LogP contribution in [-0.4, -0.2) is 22.3 Å². The van der Waals surface area contributed by atoms with Crippen LogP contribution in [0.25, 0.3) is 0 Å². The Labute approximate surface area is 168 Å². The summed E-state index contributed by atoms with van der Waals surface area (Å²) >= 11 is 1.57. The number of hydrogen-bond acceptors (Lipinski definition) is 4. The van der Waals surface area contributed by atoms with Gasteiger partial charge in [-0.05, 0) is 25.7 Å². The third-order valence-corrected chi connectivity index (χ3v) is 7.06. The molecule has 0 radical (unpaired) electrons. The molecule has 1 aromatic rings. The average Bonchev–Trinajstić information content (AvgIpc) is 3.10. The minimum atomic E-state index is -0.116. The van der Waals surface area contributed by atoms with Gasteiger partial charge in [-0.25, -0.2) is 4.79 Å². The van der Waals surface area contributed by atoms with E-state index >= 15 is 0 Å². The number of aromatic nitrogens is 2. The molecule has 1 aromatic heterocycles. The lowest BCUT2D eigenvalue weighted by Crippen LogP contribution is -2.38. The number of amides is 2. The predicted molar refractivity (Wildman–Crippen MR) is 112 cm³/mol. The van der Waals surface area contributed by atoms with Crippen molar-refractivity contribution in [1.82, 2.24) is 15.5 Å². The van der Waals surface area contributed by atoms with E-state index in [2.05, 4.69) is 20.8 Å². The molecule has 5 nitrogen and oxygen atoms in total. The van der Waals surface area contributed by atoms with E-state index in [-0.39, 0.29) is 6.03 Å². The molecule has 1 heterocycles. The molecule has 2 amide bonds. The average molecular weight is 393 g/mol. The minimum absolute atomic E-state index is 0.116. The molecule has 2 aliphatic carbocycles. The first-order valence-corrected chi connectivity index (χ1v) is 12.0. The predicted octanol–water partition coefficient (Wildman–Crippen LogP) is 6.38. The Hall–Kier alpha value is -1.17. The number of rotatable bonds is 3. The number of anilines is 1. The molecule has 2 N–H and O–H groups in total. The van der Waals surface area contributed by atoms with Gasteiger partial charge < -0.3 is 5.32 Å². The molecule has 0 unspecified atom stereocenters. The zero-order valence-corrected chi connectivity index (χ0v) is 17.5. The van der Waals surface area contributed by atoms with Crippen LogP contribution in [0.3, 0.4) is 0 Å². The van der Waals surface area contributed by atoms with Gasteiger partial charge in [0.05, 0.1) is 0 Å².